The van der Waals surface area contributed by atoms with E-state index in [2.05, 4.69) is 25.9 Å². The zero-order valence-electron chi connectivity index (χ0n) is 5.00. The second kappa shape index (κ2) is 2.92. The summed E-state index contributed by atoms with van der Waals surface area (Å²) < 4.78 is 0.825. The first-order chi connectivity index (χ1) is 4.33. The highest BCUT2D eigenvalue weighted by atomic mass is 79.9. The average Bonchev–Trinajstić information content (AvgIpc) is 1.88. The topological polar surface area (TPSA) is 25.8 Å². The number of halogens is 1. The molecule has 1 aromatic rings. The summed E-state index contributed by atoms with van der Waals surface area (Å²) in [6.45, 7) is 1.90. The summed E-state index contributed by atoms with van der Waals surface area (Å²) in [7, 11) is 0. The van der Waals surface area contributed by atoms with Crippen molar-refractivity contribution in [2.24, 2.45) is 0 Å². The van der Waals surface area contributed by atoms with Gasteiger partial charge in [0.05, 0.1) is 0 Å². The first-order valence-electron chi connectivity index (χ1n) is 2.61. The molecular formula is C6H6BrN2. The first-order valence-corrected chi connectivity index (χ1v) is 3.40. The molecule has 2 nitrogen and oxygen atoms in total. The molecule has 0 saturated heterocycles. The normalized spacial score (nSPS) is 9.56. The smallest absolute Gasteiger partial charge is 0.133 e. The zero-order chi connectivity index (χ0) is 6.69. The van der Waals surface area contributed by atoms with Gasteiger partial charge in [-0.1, -0.05) is 6.92 Å². The molecule has 0 aromatic carbocycles. The van der Waals surface area contributed by atoms with Gasteiger partial charge in [-0.25, -0.2) is 9.97 Å². The number of nitrogens with zero attached hydrogens (tertiary/aromatic N) is 2. The summed E-state index contributed by atoms with van der Waals surface area (Å²) in [5.74, 6) is 0.754. The Bertz CT molecular complexity index is 200. The molecule has 1 aromatic heterocycles. The van der Waals surface area contributed by atoms with Crippen molar-refractivity contribution in [3.63, 3.8) is 0 Å². The van der Waals surface area contributed by atoms with Gasteiger partial charge in [0.2, 0.25) is 0 Å². The summed E-state index contributed by atoms with van der Waals surface area (Å²) in [5.41, 5.74) is 0. The van der Waals surface area contributed by atoms with E-state index in [0.29, 0.717) is 0 Å². The molecule has 3 heteroatoms. The van der Waals surface area contributed by atoms with Crippen LogP contribution < -0.4 is 0 Å². The van der Waals surface area contributed by atoms with Gasteiger partial charge in [0.25, 0.3) is 0 Å². The fraction of sp³-hybridized carbons (Fsp3) is 0.167. The van der Waals surface area contributed by atoms with Crippen molar-refractivity contribution >= 4 is 15.9 Å². The van der Waals surface area contributed by atoms with E-state index in [-0.39, 0.29) is 0 Å². The molecule has 0 N–H and O–H groups in total. The third kappa shape index (κ3) is 1.75. The minimum Gasteiger partial charge on any atom is -0.241 e. The molecule has 0 fully saturated rings. The van der Waals surface area contributed by atoms with Crippen molar-refractivity contribution in [3.05, 3.63) is 29.1 Å². The molecule has 0 saturated carbocycles. The molecule has 9 heavy (non-hydrogen) atoms. The van der Waals surface area contributed by atoms with Crippen LogP contribution in [0.2, 0.25) is 0 Å². The molecule has 47 valence electrons. The van der Waals surface area contributed by atoms with E-state index in [1.807, 2.05) is 13.3 Å². The van der Waals surface area contributed by atoms with Crippen molar-refractivity contribution in [1.29, 1.82) is 0 Å². The van der Waals surface area contributed by atoms with Gasteiger partial charge in [-0.2, -0.15) is 0 Å². The molecule has 0 amide bonds. The highest BCUT2D eigenvalue weighted by Gasteiger charge is 1.90. The molecule has 0 atom stereocenters. The third-order valence-corrected chi connectivity index (χ3v) is 1.34. The lowest BCUT2D eigenvalue weighted by atomic mass is 10.4. The Kier molecular flexibility index (Phi) is 2.16. The van der Waals surface area contributed by atoms with Crippen LogP contribution in [0.1, 0.15) is 12.7 Å². The standard InChI is InChI=1S/C6H6BrN2/c1-2-6-8-4-3-5(7)9-6/h2-4H,1H3. The molecule has 1 rings (SSSR count). The predicted octanol–water partition coefficient (Wildman–Crippen LogP) is 1.81. The number of hydrogen-bond acceptors (Lipinski definition) is 2. The Hall–Kier alpha value is -0.440. The van der Waals surface area contributed by atoms with Gasteiger partial charge in [-0.15, -0.1) is 0 Å². The summed E-state index contributed by atoms with van der Waals surface area (Å²) in [5, 5.41) is 0. The van der Waals surface area contributed by atoms with Crippen molar-refractivity contribution < 1.29 is 0 Å². The molecule has 1 heterocycles. The van der Waals surface area contributed by atoms with E-state index in [1.54, 1.807) is 12.3 Å². The van der Waals surface area contributed by atoms with Crippen LogP contribution in [0.5, 0.6) is 0 Å². The van der Waals surface area contributed by atoms with Crippen LogP contribution in [0.3, 0.4) is 0 Å². The lowest BCUT2D eigenvalue weighted by molar-refractivity contribution is 1.04. The van der Waals surface area contributed by atoms with E-state index in [9.17, 15) is 0 Å². The summed E-state index contributed by atoms with van der Waals surface area (Å²) in [6, 6.07) is 1.80. The highest BCUT2D eigenvalue weighted by molar-refractivity contribution is 9.10. The van der Waals surface area contributed by atoms with E-state index < -0.39 is 0 Å². The molecule has 0 aliphatic carbocycles. The molecule has 0 unspecified atom stereocenters. The highest BCUT2D eigenvalue weighted by Crippen LogP contribution is 2.03. The molecule has 1 radical (unpaired) electrons. The van der Waals surface area contributed by atoms with Gasteiger partial charge in [0, 0.05) is 12.6 Å². The fourth-order valence-corrected chi connectivity index (χ4v) is 0.790. The second-order valence-electron chi connectivity index (χ2n) is 1.53. The van der Waals surface area contributed by atoms with Crippen LogP contribution in [0, 0.1) is 6.42 Å². The van der Waals surface area contributed by atoms with Crippen LogP contribution in [0.15, 0.2) is 16.9 Å². The van der Waals surface area contributed by atoms with E-state index in [4.69, 9.17) is 0 Å². The van der Waals surface area contributed by atoms with Gasteiger partial charge in [-0.3, -0.25) is 0 Å². The summed E-state index contributed by atoms with van der Waals surface area (Å²) in [4.78, 5) is 8.00. The molecular weight excluding hydrogens is 180 g/mol. The van der Waals surface area contributed by atoms with Crippen molar-refractivity contribution in [2.75, 3.05) is 0 Å². The Morgan fingerprint density at radius 3 is 2.89 bits per heavy atom. The van der Waals surface area contributed by atoms with Crippen molar-refractivity contribution in [2.45, 2.75) is 6.92 Å². The Labute approximate surface area is 62.5 Å². The van der Waals surface area contributed by atoms with E-state index in [1.165, 1.54) is 0 Å². The lowest BCUT2D eigenvalue weighted by Crippen LogP contribution is -1.88. The van der Waals surface area contributed by atoms with Gasteiger partial charge < -0.3 is 0 Å². The van der Waals surface area contributed by atoms with Gasteiger partial charge in [0.15, 0.2) is 0 Å². The summed E-state index contributed by atoms with van der Waals surface area (Å²) in [6.07, 6.45) is 3.57. The second-order valence-corrected chi connectivity index (χ2v) is 2.34. The quantitative estimate of drug-likeness (QED) is 0.625. The average molecular weight is 186 g/mol. The zero-order valence-corrected chi connectivity index (χ0v) is 6.59. The van der Waals surface area contributed by atoms with Crippen molar-refractivity contribution in [1.82, 2.24) is 9.97 Å². The molecule has 0 bridgehead atoms. The first kappa shape index (κ1) is 6.68. The van der Waals surface area contributed by atoms with E-state index >= 15 is 0 Å². The largest absolute Gasteiger partial charge is 0.241 e. The van der Waals surface area contributed by atoms with Crippen LogP contribution in [-0.2, 0) is 0 Å². The predicted molar refractivity (Wildman–Crippen MR) is 38.8 cm³/mol. The number of aromatic nitrogens is 2. The Balaban J connectivity index is 2.94. The molecule has 0 aliphatic heterocycles. The maximum Gasteiger partial charge on any atom is 0.133 e. The van der Waals surface area contributed by atoms with Crippen LogP contribution >= 0.6 is 15.9 Å². The minimum absolute atomic E-state index is 0.754. The Morgan fingerprint density at radius 2 is 2.44 bits per heavy atom. The molecule has 0 spiro atoms. The number of rotatable bonds is 1. The van der Waals surface area contributed by atoms with Gasteiger partial charge >= 0.3 is 0 Å². The fourth-order valence-electron chi connectivity index (χ4n) is 0.490. The van der Waals surface area contributed by atoms with E-state index in [0.717, 1.165) is 10.4 Å². The van der Waals surface area contributed by atoms with Crippen LogP contribution in [-0.4, -0.2) is 9.97 Å². The SMILES string of the molecule is C[CH]c1nccc(Br)n1. The maximum absolute atomic E-state index is 4.04. The number of hydrogen-bond donors (Lipinski definition) is 0. The third-order valence-electron chi connectivity index (χ3n) is 0.898. The Morgan fingerprint density at radius 1 is 1.67 bits per heavy atom. The van der Waals surface area contributed by atoms with Crippen LogP contribution in [0.4, 0.5) is 0 Å². The van der Waals surface area contributed by atoms with Gasteiger partial charge in [0.1, 0.15) is 10.4 Å². The van der Waals surface area contributed by atoms with Crippen molar-refractivity contribution in [3.8, 4) is 0 Å². The maximum atomic E-state index is 4.04. The monoisotopic (exact) mass is 185 g/mol. The molecule has 0 aliphatic rings. The van der Waals surface area contributed by atoms with Gasteiger partial charge in [-0.05, 0) is 22.0 Å². The minimum atomic E-state index is 0.754. The lowest BCUT2D eigenvalue weighted by Gasteiger charge is -1.91. The van der Waals surface area contributed by atoms with Crippen LogP contribution in [0.25, 0.3) is 0 Å². The summed E-state index contributed by atoms with van der Waals surface area (Å²) >= 11 is 3.23.